The zero-order valence-electron chi connectivity index (χ0n) is 7.88. The van der Waals surface area contributed by atoms with Gasteiger partial charge in [0, 0.05) is 13.1 Å². The van der Waals surface area contributed by atoms with E-state index < -0.39 is 0 Å². The topological polar surface area (TPSA) is 32.3 Å². The summed E-state index contributed by atoms with van der Waals surface area (Å²) in [6, 6.07) is 4.63. The highest BCUT2D eigenvalue weighted by atomic mass is 19.1. The number of benzene rings is 1. The first-order valence-electron chi connectivity index (χ1n) is 4.50. The fourth-order valence-electron chi connectivity index (χ4n) is 1.53. The number of nitrogens with one attached hydrogen (secondary N) is 1. The highest BCUT2D eigenvalue weighted by molar-refractivity contribution is 5.94. The van der Waals surface area contributed by atoms with Crippen molar-refractivity contribution in [3.05, 3.63) is 29.6 Å². The lowest BCUT2D eigenvalue weighted by Crippen LogP contribution is -2.28. The molecule has 0 spiro atoms. The van der Waals surface area contributed by atoms with Gasteiger partial charge in [0.2, 0.25) is 0 Å². The van der Waals surface area contributed by atoms with Crippen LogP contribution in [0.4, 0.5) is 14.9 Å². The van der Waals surface area contributed by atoms with Crippen molar-refractivity contribution in [1.82, 2.24) is 5.32 Å². The zero-order chi connectivity index (χ0) is 10.1. The number of carbonyl (C=O) groups is 1. The Morgan fingerprint density at radius 1 is 1.50 bits per heavy atom. The first-order chi connectivity index (χ1) is 6.68. The van der Waals surface area contributed by atoms with Crippen molar-refractivity contribution in [1.29, 1.82) is 0 Å². The fraction of sp³-hybridized carbons (Fsp3) is 0.300. The summed E-state index contributed by atoms with van der Waals surface area (Å²) in [6.45, 7) is 2.92. The van der Waals surface area contributed by atoms with Crippen molar-refractivity contribution < 1.29 is 9.18 Å². The minimum atomic E-state index is -0.345. The van der Waals surface area contributed by atoms with Gasteiger partial charge in [-0.25, -0.2) is 9.18 Å². The second kappa shape index (κ2) is 3.29. The molecule has 0 atom stereocenters. The van der Waals surface area contributed by atoms with Crippen molar-refractivity contribution in [3.8, 4) is 0 Å². The molecule has 0 aliphatic carbocycles. The third-order valence-corrected chi connectivity index (χ3v) is 2.25. The lowest BCUT2D eigenvalue weighted by molar-refractivity contribution is 0.252. The molecule has 1 N–H and O–H groups in total. The van der Waals surface area contributed by atoms with Crippen LogP contribution in [-0.2, 0) is 0 Å². The predicted octanol–water partition coefficient (Wildman–Crippen LogP) is 1.66. The average molecular weight is 194 g/mol. The van der Waals surface area contributed by atoms with Gasteiger partial charge in [0.05, 0.1) is 5.69 Å². The number of amides is 2. The number of carbonyl (C=O) groups excluding carboxylic acids is 1. The molecule has 1 aromatic carbocycles. The van der Waals surface area contributed by atoms with Crippen LogP contribution in [0.5, 0.6) is 0 Å². The normalized spacial score (nSPS) is 15.9. The molecule has 1 aliphatic heterocycles. The van der Waals surface area contributed by atoms with Gasteiger partial charge in [-0.2, -0.15) is 0 Å². The molecule has 4 heteroatoms. The monoisotopic (exact) mass is 194 g/mol. The van der Waals surface area contributed by atoms with E-state index in [4.69, 9.17) is 0 Å². The lowest BCUT2D eigenvalue weighted by atomic mass is 10.2. The Morgan fingerprint density at radius 2 is 2.29 bits per heavy atom. The smallest absolute Gasteiger partial charge is 0.322 e. The van der Waals surface area contributed by atoms with E-state index in [1.54, 1.807) is 12.1 Å². The summed E-state index contributed by atoms with van der Waals surface area (Å²) < 4.78 is 13.5. The summed E-state index contributed by atoms with van der Waals surface area (Å²) in [6.07, 6.45) is 0. The highest BCUT2D eigenvalue weighted by Crippen LogP contribution is 2.21. The maximum atomic E-state index is 13.5. The summed E-state index contributed by atoms with van der Waals surface area (Å²) in [7, 11) is 0. The molecule has 1 saturated heterocycles. The molecule has 3 nitrogen and oxygen atoms in total. The van der Waals surface area contributed by atoms with Crippen LogP contribution in [0.25, 0.3) is 0 Å². The highest BCUT2D eigenvalue weighted by Gasteiger charge is 2.23. The average Bonchev–Trinajstić information content (AvgIpc) is 2.52. The van der Waals surface area contributed by atoms with E-state index in [2.05, 4.69) is 5.32 Å². The molecule has 1 aromatic rings. The molecular weight excluding hydrogens is 183 g/mol. The van der Waals surface area contributed by atoms with Gasteiger partial charge >= 0.3 is 6.03 Å². The molecular formula is C10H11FN2O. The van der Waals surface area contributed by atoms with Gasteiger partial charge < -0.3 is 5.32 Å². The van der Waals surface area contributed by atoms with Gasteiger partial charge in [-0.15, -0.1) is 0 Å². The zero-order valence-corrected chi connectivity index (χ0v) is 7.88. The Kier molecular flexibility index (Phi) is 2.11. The summed E-state index contributed by atoms with van der Waals surface area (Å²) >= 11 is 0. The molecule has 14 heavy (non-hydrogen) atoms. The Balaban J connectivity index is 2.36. The molecule has 0 aromatic heterocycles. The van der Waals surface area contributed by atoms with Gasteiger partial charge in [0.15, 0.2) is 0 Å². The third kappa shape index (κ3) is 1.43. The maximum absolute atomic E-state index is 13.5. The summed E-state index contributed by atoms with van der Waals surface area (Å²) in [5.74, 6) is -0.345. The number of halogens is 1. The van der Waals surface area contributed by atoms with E-state index in [9.17, 15) is 9.18 Å². The Hall–Kier alpha value is -1.58. The lowest BCUT2D eigenvalue weighted by Gasteiger charge is -2.15. The molecule has 0 radical (unpaired) electrons. The Morgan fingerprint density at radius 3 is 2.86 bits per heavy atom. The number of urea groups is 1. The van der Waals surface area contributed by atoms with Gasteiger partial charge in [-0.05, 0) is 24.6 Å². The van der Waals surface area contributed by atoms with Gasteiger partial charge in [-0.3, -0.25) is 4.90 Å². The molecule has 2 amide bonds. The quantitative estimate of drug-likeness (QED) is 0.724. The van der Waals surface area contributed by atoms with Crippen LogP contribution in [0.1, 0.15) is 5.56 Å². The third-order valence-electron chi connectivity index (χ3n) is 2.25. The predicted molar refractivity (Wildman–Crippen MR) is 51.9 cm³/mol. The summed E-state index contributed by atoms with van der Waals surface area (Å²) in [5, 5.41) is 2.63. The van der Waals surface area contributed by atoms with Crippen molar-refractivity contribution in [2.45, 2.75) is 6.92 Å². The first kappa shape index (κ1) is 8.99. The largest absolute Gasteiger partial charge is 0.336 e. The minimum absolute atomic E-state index is 0.229. The molecule has 1 aliphatic rings. The van der Waals surface area contributed by atoms with Crippen molar-refractivity contribution in [2.75, 3.05) is 18.0 Å². The molecule has 74 valence electrons. The van der Waals surface area contributed by atoms with E-state index >= 15 is 0 Å². The van der Waals surface area contributed by atoms with Gasteiger partial charge in [0.1, 0.15) is 5.82 Å². The van der Waals surface area contributed by atoms with Crippen molar-refractivity contribution >= 4 is 11.7 Å². The maximum Gasteiger partial charge on any atom is 0.322 e. The van der Waals surface area contributed by atoms with E-state index in [0.717, 1.165) is 5.56 Å². The molecule has 1 fully saturated rings. The summed E-state index contributed by atoms with van der Waals surface area (Å²) in [4.78, 5) is 12.7. The second-order valence-electron chi connectivity index (χ2n) is 3.34. The standard InChI is InChI=1S/C10H11FN2O/c1-7-2-3-9(8(11)6-7)13-5-4-12-10(13)14/h2-3,6H,4-5H2,1H3,(H,12,14). The summed E-state index contributed by atoms with van der Waals surface area (Å²) in [5.41, 5.74) is 1.21. The number of rotatable bonds is 1. The Bertz CT molecular complexity index is 378. The number of anilines is 1. The second-order valence-corrected chi connectivity index (χ2v) is 3.34. The van der Waals surface area contributed by atoms with Crippen molar-refractivity contribution in [2.24, 2.45) is 0 Å². The SMILES string of the molecule is Cc1ccc(N2CCNC2=O)c(F)c1. The molecule has 2 rings (SSSR count). The first-order valence-corrected chi connectivity index (χ1v) is 4.50. The minimum Gasteiger partial charge on any atom is -0.336 e. The van der Waals surface area contributed by atoms with E-state index in [1.807, 2.05) is 6.92 Å². The molecule has 0 bridgehead atoms. The van der Waals surface area contributed by atoms with Crippen molar-refractivity contribution in [3.63, 3.8) is 0 Å². The fourth-order valence-corrected chi connectivity index (χ4v) is 1.53. The van der Waals surface area contributed by atoms with Crippen LogP contribution in [0, 0.1) is 12.7 Å². The van der Waals surface area contributed by atoms with Crippen LogP contribution in [0.15, 0.2) is 18.2 Å². The Labute approximate surface area is 81.5 Å². The molecule has 0 unspecified atom stereocenters. The number of hydrogen-bond acceptors (Lipinski definition) is 1. The van der Waals surface area contributed by atoms with Crippen LogP contribution in [0.2, 0.25) is 0 Å². The number of aryl methyl sites for hydroxylation is 1. The number of hydrogen-bond donors (Lipinski definition) is 1. The van der Waals surface area contributed by atoms with Gasteiger partial charge in [0.25, 0.3) is 0 Å². The van der Waals surface area contributed by atoms with E-state index in [-0.39, 0.29) is 11.8 Å². The van der Waals surface area contributed by atoms with E-state index in [1.165, 1.54) is 11.0 Å². The van der Waals surface area contributed by atoms with Crippen LogP contribution in [-0.4, -0.2) is 19.1 Å². The molecule has 1 heterocycles. The van der Waals surface area contributed by atoms with Crippen LogP contribution >= 0.6 is 0 Å². The molecule has 0 saturated carbocycles. The van der Waals surface area contributed by atoms with Gasteiger partial charge in [-0.1, -0.05) is 6.07 Å². The van der Waals surface area contributed by atoms with Crippen LogP contribution in [0.3, 0.4) is 0 Å². The van der Waals surface area contributed by atoms with E-state index in [0.29, 0.717) is 18.8 Å². The number of nitrogens with zero attached hydrogens (tertiary/aromatic N) is 1. The van der Waals surface area contributed by atoms with Crippen LogP contribution < -0.4 is 10.2 Å².